The molecule has 3 rings (SSSR count). The summed E-state index contributed by atoms with van der Waals surface area (Å²) >= 11 is 5.68. The highest BCUT2D eigenvalue weighted by molar-refractivity contribution is 6.30. The van der Waals surface area contributed by atoms with Crippen molar-refractivity contribution in [1.82, 2.24) is 0 Å². The molecule has 0 spiro atoms. The summed E-state index contributed by atoms with van der Waals surface area (Å²) in [5, 5.41) is 3.64. The van der Waals surface area contributed by atoms with Gasteiger partial charge in [0.25, 0.3) is 0 Å². The first-order valence-electron chi connectivity index (χ1n) is 6.01. The number of halogens is 2. The lowest BCUT2D eigenvalue weighted by Crippen LogP contribution is -2.18. The molecule has 1 aliphatic heterocycles. The van der Waals surface area contributed by atoms with E-state index in [1.54, 1.807) is 6.07 Å². The molecule has 1 N–H and O–H groups in total. The summed E-state index contributed by atoms with van der Waals surface area (Å²) in [6, 6.07) is 13.6. The van der Waals surface area contributed by atoms with Crippen molar-refractivity contribution in [3.05, 3.63) is 64.4 Å². The first-order valence-corrected chi connectivity index (χ1v) is 6.38. The van der Waals surface area contributed by atoms with Crippen LogP contribution in [0.2, 0.25) is 5.02 Å². The minimum absolute atomic E-state index is 0.182. The van der Waals surface area contributed by atoms with Crippen molar-refractivity contribution in [2.75, 3.05) is 5.32 Å². The van der Waals surface area contributed by atoms with E-state index in [0.717, 1.165) is 18.4 Å². The number of anilines is 1. The summed E-state index contributed by atoms with van der Waals surface area (Å²) in [4.78, 5) is 0. The van der Waals surface area contributed by atoms with E-state index in [4.69, 9.17) is 11.6 Å². The zero-order chi connectivity index (χ0) is 12.5. The average Bonchev–Trinajstić information content (AvgIpc) is 2.76. The zero-order valence-electron chi connectivity index (χ0n) is 9.79. The van der Waals surface area contributed by atoms with Crippen LogP contribution in [0.5, 0.6) is 0 Å². The maximum absolute atomic E-state index is 13.4. The van der Waals surface area contributed by atoms with Crippen LogP contribution in [0.15, 0.2) is 42.5 Å². The van der Waals surface area contributed by atoms with E-state index in [9.17, 15) is 4.39 Å². The molecule has 92 valence electrons. The molecule has 1 nitrogen and oxygen atoms in total. The van der Waals surface area contributed by atoms with Crippen LogP contribution in [0.1, 0.15) is 11.1 Å². The maximum Gasteiger partial charge on any atom is 0.142 e. The van der Waals surface area contributed by atoms with Crippen LogP contribution in [0.4, 0.5) is 10.1 Å². The molecule has 1 atom stereocenters. The molecule has 2 aromatic carbocycles. The number of benzene rings is 2. The third-order valence-corrected chi connectivity index (χ3v) is 3.62. The molecule has 0 aliphatic carbocycles. The highest BCUT2D eigenvalue weighted by Gasteiger charge is 2.20. The van der Waals surface area contributed by atoms with Crippen LogP contribution in [0.3, 0.4) is 0 Å². The van der Waals surface area contributed by atoms with Crippen molar-refractivity contribution in [1.29, 1.82) is 0 Å². The lowest BCUT2D eigenvalue weighted by molar-refractivity contribution is 0.623. The lowest BCUT2D eigenvalue weighted by Gasteiger charge is -2.11. The SMILES string of the molecule is Fc1cc(CC2Cc3ccccc3N2)ccc1Cl. The van der Waals surface area contributed by atoms with Gasteiger partial charge in [-0.3, -0.25) is 0 Å². The van der Waals surface area contributed by atoms with E-state index >= 15 is 0 Å². The Morgan fingerprint density at radius 1 is 1.22 bits per heavy atom. The van der Waals surface area contributed by atoms with Crippen LogP contribution in [-0.2, 0) is 12.8 Å². The molecular formula is C15H13ClFN. The van der Waals surface area contributed by atoms with E-state index in [0.29, 0.717) is 6.04 Å². The predicted octanol–water partition coefficient (Wildman–Crippen LogP) is 4.06. The van der Waals surface area contributed by atoms with Crippen molar-refractivity contribution in [2.45, 2.75) is 18.9 Å². The highest BCUT2D eigenvalue weighted by atomic mass is 35.5. The third-order valence-electron chi connectivity index (χ3n) is 3.31. The van der Waals surface area contributed by atoms with Crippen LogP contribution in [-0.4, -0.2) is 6.04 Å². The normalized spacial score (nSPS) is 17.3. The summed E-state index contributed by atoms with van der Waals surface area (Å²) in [5.41, 5.74) is 3.50. The summed E-state index contributed by atoms with van der Waals surface area (Å²) in [7, 11) is 0. The van der Waals surface area contributed by atoms with Gasteiger partial charge in [-0.05, 0) is 42.2 Å². The topological polar surface area (TPSA) is 12.0 Å². The summed E-state index contributed by atoms with van der Waals surface area (Å²) in [6.07, 6.45) is 1.79. The lowest BCUT2D eigenvalue weighted by atomic mass is 10.0. The molecule has 0 amide bonds. The highest BCUT2D eigenvalue weighted by Crippen LogP contribution is 2.27. The Bertz CT molecular complexity index is 557. The second-order valence-corrected chi connectivity index (χ2v) is 5.06. The number of fused-ring (bicyclic) bond motifs is 1. The molecule has 0 bridgehead atoms. The molecule has 1 aliphatic rings. The number of rotatable bonds is 2. The monoisotopic (exact) mass is 261 g/mol. The fourth-order valence-electron chi connectivity index (χ4n) is 2.45. The summed E-state index contributed by atoms with van der Waals surface area (Å²) in [5.74, 6) is -0.343. The van der Waals surface area contributed by atoms with Crippen LogP contribution in [0, 0.1) is 5.82 Å². The van der Waals surface area contributed by atoms with Gasteiger partial charge in [0.1, 0.15) is 5.82 Å². The van der Waals surface area contributed by atoms with E-state index in [-0.39, 0.29) is 10.8 Å². The van der Waals surface area contributed by atoms with Gasteiger partial charge in [-0.2, -0.15) is 0 Å². The molecule has 0 radical (unpaired) electrons. The van der Waals surface area contributed by atoms with Gasteiger partial charge in [0.2, 0.25) is 0 Å². The van der Waals surface area contributed by atoms with Gasteiger partial charge in [0.15, 0.2) is 0 Å². The first-order chi connectivity index (χ1) is 8.72. The Kier molecular flexibility index (Phi) is 2.96. The van der Waals surface area contributed by atoms with Crippen LogP contribution < -0.4 is 5.32 Å². The number of hydrogen-bond acceptors (Lipinski definition) is 1. The van der Waals surface area contributed by atoms with Gasteiger partial charge in [-0.15, -0.1) is 0 Å². The molecular weight excluding hydrogens is 249 g/mol. The van der Waals surface area contributed by atoms with Crippen LogP contribution >= 0.6 is 11.6 Å². The van der Waals surface area contributed by atoms with E-state index in [1.807, 2.05) is 18.2 Å². The van der Waals surface area contributed by atoms with Gasteiger partial charge in [0, 0.05) is 11.7 Å². The number of para-hydroxylation sites is 1. The minimum atomic E-state index is -0.343. The predicted molar refractivity (Wildman–Crippen MR) is 72.7 cm³/mol. The maximum atomic E-state index is 13.4. The standard InChI is InChI=1S/C15H13ClFN/c16-13-6-5-10(8-14(13)17)7-12-9-11-3-1-2-4-15(11)18-12/h1-6,8,12,18H,7,9H2. The summed E-state index contributed by atoms with van der Waals surface area (Å²) < 4.78 is 13.4. The fourth-order valence-corrected chi connectivity index (χ4v) is 2.57. The van der Waals surface area contributed by atoms with E-state index in [2.05, 4.69) is 17.4 Å². The Labute approximate surface area is 111 Å². The first kappa shape index (κ1) is 11.5. The van der Waals surface area contributed by atoms with Crippen LogP contribution in [0.25, 0.3) is 0 Å². The molecule has 2 aromatic rings. The fraction of sp³-hybridized carbons (Fsp3) is 0.200. The van der Waals surface area contributed by atoms with E-state index < -0.39 is 0 Å². The van der Waals surface area contributed by atoms with Gasteiger partial charge in [0.05, 0.1) is 5.02 Å². The number of nitrogens with one attached hydrogen (secondary N) is 1. The van der Waals surface area contributed by atoms with Gasteiger partial charge in [-0.25, -0.2) is 4.39 Å². The molecule has 3 heteroatoms. The van der Waals surface area contributed by atoms with Crippen molar-refractivity contribution in [2.24, 2.45) is 0 Å². The molecule has 18 heavy (non-hydrogen) atoms. The smallest absolute Gasteiger partial charge is 0.142 e. The Balaban J connectivity index is 1.74. The quantitative estimate of drug-likeness (QED) is 0.860. The van der Waals surface area contributed by atoms with Crippen molar-refractivity contribution < 1.29 is 4.39 Å². The van der Waals surface area contributed by atoms with E-state index in [1.165, 1.54) is 17.3 Å². The second kappa shape index (κ2) is 4.62. The van der Waals surface area contributed by atoms with Gasteiger partial charge < -0.3 is 5.32 Å². The number of hydrogen-bond donors (Lipinski definition) is 1. The third kappa shape index (κ3) is 2.21. The van der Waals surface area contributed by atoms with Gasteiger partial charge in [-0.1, -0.05) is 35.9 Å². The van der Waals surface area contributed by atoms with Crippen molar-refractivity contribution in [3.8, 4) is 0 Å². The molecule has 0 fully saturated rings. The average molecular weight is 262 g/mol. The Hall–Kier alpha value is -1.54. The molecule has 0 aromatic heterocycles. The Morgan fingerprint density at radius 2 is 2.06 bits per heavy atom. The second-order valence-electron chi connectivity index (χ2n) is 4.66. The zero-order valence-corrected chi connectivity index (χ0v) is 10.5. The molecule has 1 heterocycles. The van der Waals surface area contributed by atoms with Gasteiger partial charge >= 0.3 is 0 Å². The molecule has 1 unspecified atom stereocenters. The molecule has 0 saturated heterocycles. The minimum Gasteiger partial charge on any atom is -0.381 e. The Morgan fingerprint density at radius 3 is 2.83 bits per heavy atom. The largest absolute Gasteiger partial charge is 0.381 e. The molecule has 0 saturated carbocycles. The summed E-state index contributed by atoms with van der Waals surface area (Å²) in [6.45, 7) is 0. The van der Waals surface area contributed by atoms with Crippen molar-refractivity contribution in [3.63, 3.8) is 0 Å². The van der Waals surface area contributed by atoms with Crippen molar-refractivity contribution >= 4 is 17.3 Å².